The fraction of sp³-hybridized carbons (Fsp3) is 0.227. The molecule has 0 aliphatic carbocycles. The van der Waals surface area contributed by atoms with Crippen LogP contribution in [0.4, 0.5) is 5.69 Å². The number of hydrogen-bond donors (Lipinski definition) is 1. The van der Waals surface area contributed by atoms with Crippen LogP contribution >= 0.6 is 0 Å². The van der Waals surface area contributed by atoms with E-state index in [1.54, 1.807) is 36.4 Å². The number of carboxylic acids is 1. The first-order valence-electron chi connectivity index (χ1n) is 9.39. The Morgan fingerprint density at radius 2 is 1.77 bits per heavy atom. The summed E-state index contributed by atoms with van der Waals surface area (Å²) < 4.78 is 0. The van der Waals surface area contributed by atoms with Gasteiger partial charge in [0.15, 0.2) is 0 Å². The van der Waals surface area contributed by atoms with E-state index in [2.05, 4.69) is 0 Å². The fourth-order valence-electron chi connectivity index (χ4n) is 3.37. The second-order valence-corrected chi connectivity index (χ2v) is 6.92. The summed E-state index contributed by atoms with van der Waals surface area (Å²) in [6.07, 6.45) is 2.80. The summed E-state index contributed by atoms with van der Waals surface area (Å²) in [5.74, 6) is -1.32. The Balaban J connectivity index is 1.91. The van der Waals surface area contributed by atoms with Gasteiger partial charge in [-0.15, -0.1) is 0 Å². The van der Waals surface area contributed by atoms with Gasteiger partial charge in [-0.25, -0.2) is 4.79 Å². The van der Waals surface area contributed by atoms with Gasteiger partial charge in [0.1, 0.15) is 0 Å². The van der Waals surface area contributed by atoms with E-state index in [9.17, 15) is 19.7 Å². The van der Waals surface area contributed by atoms with Crippen LogP contribution in [0.25, 0.3) is 17.2 Å². The molecule has 8 nitrogen and oxygen atoms in total. The van der Waals surface area contributed by atoms with Gasteiger partial charge in [-0.3, -0.25) is 14.9 Å². The van der Waals surface area contributed by atoms with Crippen LogP contribution in [0.5, 0.6) is 0 Å². The number of nitro groups is 1. The molecule has 30 heavy (non-hydrogen) atoms. The molecule has 1 fully saturated rings. The van der Waals surface area contributed by atoms with Crippen molar-refractivity contribution in [3.05, 3.63) is 69.3 Å². The Morgan fingerprint density at radius 1 is 1.13 bits per heavy atom. The molecular weight excluding hydrogens is 386 g/mol. The van der Waals surface area contributed by atoms with E-state index in [4.69, 9.17) is 10.4 Å². The smallest absolute Gasteiger partial charge is 0.332 e. The third-order valence-corrected chi connectivity index (χ3v) is 4.96. The largest absolute Gasteiger partial charge is 0.478 e. The molecule has 1 heterocycles. The quantitative estimate of drug-likeness (QED) is 0.442. The zero-order chi connectivity index (χ0) is 21.7. The maximum atomic E-state index is 12.5. The molecule has 0 aromatic heterocycles. The number of carbonyl (C=O) groups excluding carboxylic acids is 1. The monoisotopic (exact) mass is 405 g/mol. The number of likely N-dealkylation sites (tertiary alicyclic amines) is 1. The van der Waals surface area contributed by atoms with Gasteiger partial charge in [-0.05, 0) is 48.2 Å². The van der Waals surface area contributed by atoms with Crippen molar-refractivity contribution in [2.75, 3.05) is 13.1 Å². The number of nitrogens with zero attached hydrogens (tertiary/aromatic N) is 3. The molecule has 8 heteroatoms. The predicted octanol–water partition coefficient (Wildman–Crippen LogP) is 3.88. The summed E-state index contributed by atoms with van der Waals surface area (Å²) in [6, 6.07) is 13.1. The van der Waals surface area contributed by atoms with E-state index in [0.717, 1.165) is 32.0 Å². The lowest BCUT2D eigenvalue weighted by molar-refractivity contribution is -0.385. The summed E-state index contributed by atoms with van der Waals surface area (Å²) in [5, 5.41) is 29.4. The van der Waals surface area contributed by atoms with Crippen LogP contribution in [0.2, 0.25) is 0 Å². The average molecular weight is 405 g/mol. The van der Waals surface area contributed by atoms with Gasteiger partial charge in [0.05, 0.1) is 28.5 Å². The molecule has 0 spiro atoms. The Labute approximate surface area is 172 Å². The number of carbonyl (C=O) groups is 2. The number of benzene rings is 2. The molecule has 1 aliphatic heterocycles. The van der Waals surface area contributed by atoms with Gasteiger partial charge in [0, 0.05) is 24.7 Å². The summed E-state index contributed by atoms with van der Waals surface area (Å²) in [7, 11) is 0. The van der Waals surface area contributed by atoms with Crippen LogP contribution in [0.3, 0.4) is 0 Å². The molecule has 3 rings (SSSR count). The van der Waals surface area contributed by atoms with Gasteiger partial charge >= 0.3 is 5.97 Å². The third-order valence-electron chi connectivity index (χ3n) is 4.96. The Bertz CT molecular complexity index is 1060. The molecule has 1 N–H and O–H groups in total. The standard InChI is InChI=1S/C22H19N3O5/c23-10-9-19(22(27)28)13-18-8-7-17(14-20(18)25(29)30)15-3-5-16(6-4-15)21(26)24-11-1-2-12-24/h3-8,13-14H,1-2,9,11-12H2,(H,27,28). The first-order valence-corrected chi connectivity index (χ1v) is 9.39. The topological polar surface area (TPSA) is 125 Å². The fourth-order valence-corrected chi connectivity index (χ4v) is 3.37. The van der Waals surface area contributed by atoms with Crippen LogP contribution < -0.4 is 0 Å². The highest BCUT2D eigenvalue weighted by atomic mass is 16.6. The highest BCUT2D eigenvalue weighted by molar-refractivity contribution is 5.95. The van der Waals surface area contributed by atoms with E-state index < -0.39 is 10.9 Å². The van der Waals surface area contributed by atoms with Crippen molar-refractivity contribution in [3.8, 4) is 17.2 Å². The third kappa shape index (κ3) is 4.52. The minimum atomic E-state index is -1.30. The maximum absolute atomic E-state index is 12.5. The molecule has 2 aromatic carbocycles. The lowest BCUT2D eigenvalue weighted by Crippen LogP contribution is -2.27. The molecule has 2 aromatic rings. The van der Waals surface area contributed by atoms with E-state index in [1.807, 2.05) is 4.90 Å². The lowest BCUT2D eigenvalue weighted by Gasteiger charge is -2.15. The number of amides is 1. The predicted molar refractivity (Wildman–Crippen MR) is 110 cm³/mol. The molecule has 0 bridgehead atoms. The van der Waals surface area contributed by atoms with E-state index in [-0.39, 0.29) is 29.2 Å². The van der Waals surface area contributed by atoms with Gasteiger partial charge < -0.3 is 10.0 Å². The summed E-state index contributed by atoms with van der Waals surface area (Å²) in [6.45, 7) is 1.51. The zero-order valence-electron chi connectivity index (χ0n) is 16.1. The number of aliphatic carboxylic acids is 1. The maximum Gasteiger partial charge on any atom is 0.332 e. The number of nitriles is 1. The molecule has 0 atom stereocenters. The number of carboxylic acid groups (broad SMARTS) is 1. The minimum Gasteiger partial charge on any atom is -0.478 e. The van der Waals surface area contributed by atoms with Gasteiger partial charge in [0.25, 0.3) is 11.6 Å². The normalized spacial score (nSPS) is 13.7. The van der Waals surface area contributed by atoms with E-state index in [1.165, 1.54) is 12.1 Å². The highest BCUT2D eigenvalue weighted by Crippen LogP contribution is 2.29. The molecule has 152 valence electrons. The zero-order valence-corrected chi connectivity index (χ0v) is 16.1. The van der Waals surface area contributed by atoms with Crippen LogP contribution in [-0.4, -0.2) is 39.9 Å². The lowest BCUT2D eigenvalue weighted by atomic mass is 9.99. The number of hydrogen-bond acceptors (Lipinski definition) is 5. The number of nitro benzene ring substituents is 1. The second kappa shape index (κ2) is 9.01. The summed E-state index contributed by atoms with van der Waals surface area (Å²) >= 11 is 0. The Morgan fingerprint density at radius 3 is 2.33 bits per heavy atom. The summed E-state index contributed by atoms with van der Waals surface area (Å²) in [4.78, 5) is 36.4. The Kier molecular flexibility index (Phi) is 6.23. The first kappa shape index (κ1) is 20.7. The SMILES string of the molecule is N#CCC(=Cc1ccc(-c2ccc(C(=O)N3CCCC3)cc2)cc1[N+](=O)[O-])C(=O)O. The van der Waals surface area contributed by atoms with E-state index in [0.29, 0.717) is 16.7 Å². The molecular formula is C22H19N3O5. The Hall–Kier alpha value is -3.99. The van der Waals surface area contributed by atoms with Crippen molar-refractivity contribution in [3.63, 3.8) is 0 Å². The molecule has 1 amide bonds. The van der Waals surface area contributed by atoms with Gasteiger partial charge in [-0.2, -0.15) is 5.26 Å². The van der Waals surface area contributed by atoms with Crippen LogP contribution in [0.1, 0.15) is 35.2 Å². The minimum absolute atomic E-state index is 0.0239. The van der Waals surface area contributed by atoms with Gasteiger partial charge in [-0.1, -0.05) is 18.2 Å². The van der Waals surface area contributed by atoms with Crippen LogP contribution in [0, 0.1) is 21.4 Å². The highest BCUT2D eigenvalue weighted by Gasteiger charge is 2.20. The van der Waals surface area contributed by atoms with Crippen LogP contribution in [0.15, 0.2) is 48.0 Å². The van der Waals surface area contributed by atoms with Crippen molar-refractivity contribution >= 4 is 23.6 Å². The molecule has 0 unspecified atom stereocenters. The second-order valence-electron chi connectivity index (χ2n) is 6.92. The molecule has 1 aliphatic rings. The van der Waals surface area contributed by atoms with Gasteiger partial charge in [0.2, 0.25) is 0 Å². The number of rotatable bonds is 6. The average Bonchev–Trinajstić information content (AvgIpc) is 3.28. The molecule has 0 saturated carbocycles. The van der Waals surface area contributed by atoms with Crippen molar-refractivity contribution in [1.82, 2.24) is 4.90 Å². The molecule has 0 radical (unpaired) electrons. The van der Waals surface area contributed by atoms with Crippen molar-refractivity contribution in [2.24, 2.45) is 0 Å². The first-order chi connectivity index (χ1) is 14.4. The van der Waals surface area contributed by atoms with Crippen molar-refractivity contribution in [2.45, 2.75) is 19.3 Å². The molecule has 1 saturated heterocycles. The summed E-state index contributed by atoms with van der Waals surface area (Å²) in [5.41, 5.74) is 1.45. The van der Waals surface area contributed by atoms with Crippen LogP contribution in [-0.2, 0) is 4.79 Å². The van der Waals surface area contributed by atoms with Crippen molar-refractivity contribution in [1.29, 1.82) is 5.26 Å². The van der Waals surface area contributed by atoms with Crippen molar-refractivity contribution < 1.29 is 19.6 Å². The van der Waals surface area contributed by atoms with E-state index >= 15 is 0 Å².